The fourth-order valence-electron chi connectivity index (χ4n) is 4.83. The van der Waals surface area contributed by atoms with Crippen LogP contribution in [-0.2, 0) is 22.4 Å². The van der Waals surface area contributed by atoms with Crippen LogP contribution in [0.15, 0.2) is 39.7 Å². The third kappa shape index (κ3) is 7.08. The van der Waals surface area contributed by atoms with E-state index in [2.05, 4.69) is 9.89 Å². The number of benzene rings is 1. The molecule has 0 spiro atoms. The number of nitrogens with zero attached hydrogens (tertiary/aromatic N) is 4. The maximum absolute atomic E-state index is 13.3. The molecule has 0 bridgehead atoms. The first-order valence-electron chi connectivity index (χ1n) is 12.7. The third-order valence-corrected chi connectivity index (χ3v) is 8.80. The average molecular weight is 686 g/mol. The van der Waals surface area contributed by atoms with Crippen molar-refractivity contribution in [1.82, 2.24) is 14.5 Å². The van der Waals surface area contributed by atoms with E-state index in [4.69, 9.17) is 44.6 Å². The molecule has 1 amide bonds. The Bertz CT molecular complexity index is 1600. The van der Waals surface area contributed by atoms with Gasteiger partial charge in [0.05, 0.1) is 26.3 Å². The summed E-state index contributed by atoms with van der Waals surface area (Å²) in [5, 5.41) is 7.95. The second kappa shape index (κ2) is 12.6. The van der Waals surface area contributed by atoms with E-state index >= 15 is 0 Å². The zero-order chi connectivity index (χ0) is 31.1. The van der Waals surface area contributed by atoms with Crippen LogP contribution in [0.1, 0.15) is 53.1 Å². The number of aromatic nitrogens is 2. The minimum absolute atomic E-state index is 0.00370. The molecule has 0 N–H and O–H groups in total. The Kier molecular flexibility index (Phi) is 9.21. The fraction of sp³-hybridized carbons (Fsp3) is 0.385. The van der Waals surface area contributed by atoms with Gasteiger partial charge in [-0.2, -0.15) is 22.0 Å². The molecule has 1 fully saturated rings. The Balaban J connectivity index is 1.20. The lowest BCUT2D eigenvalue weighted by Crippen LogP contribution is -2.41. The number of carbonyl (C=O) groups excluding carboxylic acids is 1. The molecule has 1 unspecified atom stereocenters. The molecule has 2 aliphatic rings. The van der Waals surface area contributed by atoms with Gasteiger partial charge in [-0.25, -0.2) is 4.98 Å². The number of carbonyl (C=O) groups is 1. The largest absolute Gasteiger partial charge is 0.429 e. The number of rotatable bonds is 7. The summed E-state index contributed by atoms with van der Waals surface area (Å²) < 4.78 is 69.5. The second-order valence-corrected chi connectivity index (χ2v) is 11.9. The van der Waals surface area contributed by atoms with Gasteiger partial charge in [0.25, 0.3) is 5.56 Å². The summed E-state index contributed by atoms with van der Waals surface area (Å²) in [6.07, 6.45) is -3.63. The number of thiazole rings is 1. The van der Waals surface area contributed by atoms with Crippen molar-refractivity contribution in [2.24, 2.45) is 5.16 Å². The van der Waals surface area contributed by atoms with Gasteiger partial charge < -0.3 is 19.0 Å². The molecule has 3 aromatic rings. The summed E-state index contributed by atoms with van der Waals surface area (Å²) in [6, 6.07) is 3.33. The first-order chi connectivity index (χ1) is 20.3. The first kappa shape index (κ1) is 31.5. The summed E-state index contributed by atoms with van der Waals surface area (Å²) in [5.41, 5.74) is -0.841. The van der Waals surface area contributed by atoms with Crippen molar-refractivity contribution in [3.05, 3.63) is 77.0 Å². The van der Waals surface area contributed by atoms with E-state index in [0.29, 0.717) is 62.1 Å². The van der Waals surface area contributed by atoms with Crippen LogP contribution in [0.3, 0.4) is 0 Å². The normalized spacial score (nSPS) is 17.7. The number of halogens is 8. The molecule has 0 saturated carbocycles. The van der Waals surface area contributed by atoms with E-state index in [1.165, 1.54) is 16.2 Å². The van der Waals surface area contributed by atoms with Crippen molar-refractivity contribution in [2.75, 3.05) is 13.1 Å². The van der Waals surface area contributed by atoms with Crippen LogP contribution in [0.2, 0.25) is 15.1 Å². The van der Waals surface area contributed by atoms with Crippen molar-refractivity contribution in [1.29, 1.82) is 0 Å². The quantitative estimate of drug-likeness (QED) is 0.247. The number of hydrogen-bond acceptors (Lipinski definition) is 7. The highest BCUT2D eigenvalue weighted by Gasteiger charge is 2.34. The number of likely N-dealkylation sites (tertiary alicyclic amines) is 1. The standard InChI is InChI=1S/C26H20Cl3F5N4O4S/c27-14-6-15(28)22(16(29)7-14)19-8-17(36-42-19)18-11-43-23(35-18)12-1-3-37(4-2-12)21(39)10-38-9-13(26(32,33)34)5-20(24(38)40)41-25(30)31/h5-7,9,11-12,19,25H,1-4,8,10H2. The Morgan fingerprint density at radius 2 is 1.81 bits per heavy atom. The number of ether oxygens (including phenoxy) is 1. The van der Waals surface area contributed by atoms with Crippen LogP contribution < -0.4 is 10.3 Å². The number of hydrogen-bond donors (Lipinski definition) is 0. The molecule has 17 heteroatoms. The minimum atomic E-state index is -4.95. The van der Waals surface area contributed by atoms with Gasteiger partial charge in [0.1, 0.15) is 12.3 Å². The zero-order valence-electron chi connectivity index (χ0n) is 21.7. The number of amides is 1. The number of oxime groups is 1. The lowest BCUT2D eigenvalue weighted by Gasteiger charge is -2.31. The van der Waals surface area contributed by atoms with Gasteiger partial charge in [0.2, 0.25) is 5.91 Å². The molecule has 2 aromatic heterocycles. The summed E-state index contributed by atoms with van der Waals surface area (Å²) in [5.74, 6) is -1.83. The van der Waals surface area contributed by atoms with Crippen LogP contribution in [-0.4, -0.2) is 45.8 Å². The lowest BCUT2D eigenvalue weighted by molar-refractivity contribution is -0.139. The first-order valence-corrected chi connectivity index (χ1v) is 14.7. The van der Waals surface area contributed by atoms with Crippen LogP contribution in [0.4, 0.5) is 22.0 Å². The highest BCUT2D eigenvalue weighted by molar-refractivity contribution is 7.10. The second-order valence-electron chi connectivity index (χ2n) is 9.75. The predicted octanol–water partition coefficient (Wildman–Crippen LogP) is 7.16. The van der Waals surface area contributed by atoms with E-state index in [0.717, 1.165) is 5.01 Å². The molecule has 8 nitrogen and oxygen atoms in total. The maximum Gasteiger partial charge on any atom is 0.417 e. The van der Waals surface area contributed by atoms with Gasteiger partial charge in [0.15, 0.2) is 11.9 Å². The Hall–Kier alpha value is -2.94. The SMILES string of the molecule is O=C(Cn1cc(C(F)(F)F)cc(OC(F)F)c1=O)N1CCC(c2nc(C3=NOC(c4c(Cl)cc(Cl)cc4Cl)C3)cs2)CC1. The third-order valence-electron chi connectivity index (χ3n) is 6.95. The summed E-state index contributed by atoms with van der Waals surface area (Å²) >= 11 is 20.0. The molecule has 1 aromatic carbocycles. The van der Waals surface area contributed by atoms with Gasteiger partial charge >= 0.3 is 12.8 Å². The van der Waals surface area contributed by atoms with Crippen LogP contribution in [0.25, 0.3) is 0 Å². The van der Waals surface area contributed by atoms with Gasteiger partial charge in [-0.05, 0) is 31.0 Å². The summed E-state index contributed by atoms with van der Waals surface area (Å²) in [6.45, 7) is -3.77. The van der Waals surface area contributed by atoms with Crippen LogP contribution >= 0.6 is 46.1 Å². The summed E-state index contributed by atoms with van der Waals surface area (Å²) in [4.78, 5) is 37.0. The van der Waals surface area contributed by atoms with E-state index in [9.17, 15) is 31.5 Å². The maximum atomic E-state index is 13.3. The monoisotopic (exact) mass is 684 g/mol. The molecule has 5 rings (SSSR count). The molecule has 4 heterocycles. The molecule has 43 heavy (non-hydrogen) atoms. The van der Waals surface area contributed by atoms with Gasteiger partial charge in [0, 0.05) is 47.6 Å². The Labute approximate surface area is 259 Å². The van der Waals surface area contributed by atoms with E-state index in [1.54, 1.807) is 12.1 Å². The molecule has 230 valence electrons. The topological polar surface area (TPSA) is 86.0 Å². The number of pyridine rings is 1. The van der Waals surface area contributed by atoms with E-state index < -0.39 is 48.2 Å². The van der Waals surface area contributed by atoms with Crippen molar-refractivity contribution < 1.29 is 36.3 Å². The lowest BCUT2D eigenvalue weighted by atomic mass is 9.97. The van der Waals surface area contributed by atoms with Crippen LogP contribution in [0, 0.1) is 0 Å². The zero-order valence-corrected chi connectivity index (χ0v) is 24.8. The number of piperidine rings is 1. The molecule has 0 radical (unpaired) electrons. The van der Waals surface area contributed by atoms with Crippen molar-refractivity contribution in [2.45, 2.75) is 50.6 Å². The number of alkyl halides is 5. The highest BCUT2D eigenvalue weighted by Crippen LogP contribution is 2.40. The summed E-state index contributed by atoms with van der Waals surface area (Å²) in [7, 11) is 0. The van der Waals surface area contributed by atoms with Crippen molar-refractivity contribution in [3.8, 4) is 5.75 Å². The smallest absolute Gasteiger partial charge is 0.417 e. The Morgan fingerprint density at radius 3 is 2.44 bits per heavy atom. The Morgan fingerprint density at radius 1 is 1.14 bits per heavy atom. The molecule has 1 atom stereocenters. The van der Waals surface area contributed by atoms with Gasteiger partial charge in [-0.3, -0.25) is 9.59 Å². The predicted molar refractivity (Wildman–Crippen MR) is 149 cm³/mol. The highest BCUT2D eigenvalue weighted by atomic mass is 35.5. The molecular weight excluding hydrogens is 666 g/mol. The van der Waals surface area contributed by atoms with Gasteiger partial charge in [-0.15, -0.1) is 11.3 Å². The molecule has 0 aliphatic carbocycles. The molecule has 2 aliphatic heterocycles. The molecule has 1 saturated heterocycles. The molecular formula is C26H20Cl3F5N4O4S. The fourth-order valence-corrected chi connectivity index (χ4v) is 6.90. The van der Waals surface area contributed by atoms with E-state index in [1.807, 2.05) is 5.38 Å². The van der Waals surface area contributed by atoms with Crippen LogP contribution in [0.5, 0.6) is 5.75 Å². The van der Waals surface area contributed by atoms with Crippen molar-refractivity contribution >= 4 is 57.8 Å². The average Bonchev–Trinajstić information content (AvgIpc) is 3.60. The minimum Gasteiger partial charge on any atom is -0.429 e. The van der Waals surface area contributed by atoms with Crippen molar-refractivity contribution in [3.63, 3.8) is 0 Å². The van der Waals surface area contributed by atoms with E-state index in [-0.39, 0.29) is 25.1 Å². The van der Waals surface area contributed by atoms with Gasteiger partial charge in [-0.1, -0.05) is 40.0 Å².